The van der Waals surface area contributed by atoms with Crippen molar-refractivity contribution in [1.29, 1.82) is 0 Å². The number of carbonyl (C=O) groups is 3. The van der Waals surface area contributed by atoms with E-state index in [2.05, 4.69) is 10.6 Å². The van der Waals surface area contributed by atoms with Crippen LogP contribution in [0, 0.1) is 5.82 Å². The number of hydrogen-bond acceptors (Lipinski definition) is 4. The summed E-state index contributed by atoms with van der Waals surface area (Å²) in [6, 6.07) is 20.8. The van der Waals surface area contributed by atoms with Crippen molar-refractivity contribution in [2.75, 3.05) is 10.6 Å². The Balaban J connectivity index is 1.49. The van der Waals surface area contributed by atoms with Crippen molar-refractivity contribution in [3.63, 3.8) is 0 Å². The maximum atomic E-state index is 13.0. The van der Waals surface area contributed by atoms with E-state index in [0.717, 1.165) is 10.5 Å². The molecule has 4 rings (SSSR count). The lowest BCUT2D eigenvalue weighted by Gasteiger charge is -2.15. The zero-order valence-electron chi connectivity index (χ0n) is 16.6. The van der Waals surface area contributed by atoms with Crippen LogP contribution in [0.3, 0.4) is 0 Å². The highest BCUT2D eigenvalue weighted by Crippen LogP contribution is 2.27. The van der Waals surface area contributed by atoms with E-state index in [0.29, 0.717) is 16.9 Å². The Labute approximate surface area is 188 Å². The fourth-order valence-corrected chi connectivity index (χ4v) is 3.41. The van der Waals surface area contributed by atoms with Gasteiger partial charge in [-0.25, -0.2) is 4.39 Å². The third kappa shape index (κ3) is 4.53. The molecule has 32 heavy (non-hydrogen) atoms. The summed E-state index contributed by atoms with van der Waals surface area (Å²) >= 11 is 6.15. The van der Waals surface area contributed by atoms with E-state index < -0.39 is 23.5 Å². The molecule has 0 aromatic heterocycles. The van der Waals surface area contributed by atoms with Crippen molar-refractivity contribution >= 4 is 40.7 Å². The second-order valence-corrected chi connectivity index (χ2v) is 7.42. The van der Waals surface area contributed by atoms with E-state index in [9.17, 15) is 18.8 Å². The van der Waals surface area contributed by atoms with Gasteiger partial charge in [0.1, 0.15) is 16.5 Å². The predicted molar refractivity (Wildman–Crippen MR) is 119 cm³/mol. The third-order valence-corrected chi connectivity index (χ3v) is 5.14. The number of anilines is 2. The number of benzene rings is 3. The molecule has 2 N–H and O–H groups in total. The van der Waals surface area contributed by atoms with Gasteiger partial charge in [0.15, 0.2) is 0 Å². The van der Waals surface area contributed by atoms with Gasteiger partial charge in [-0.15, -0.1) is 0 Å². The molecule has 0 radical (unpaired) electrons. The van der Waals surface area contributed by atoms with Crippen molar-refractivity contribution < 1.29 is 18.8 Å². The molecule has 3 aromatic rings. The lowest BCUT2D eigenvalue weighted by atomic mass is 10.1. The van der Waals surface area contributed by atoms with Gasteiger partial charge >= 0.3 is 0 Å². The maximum Gasteiger partial charge on any atom is 0.279 e. The van der Waals surface area contributed by atoms with E-state index in [-0.39, 0.29) is 17.3 Å². The Hall–Kier alpha value is -3.97. The molecule has 0 fully saturated rings. The van der Waals surface area contributed by atoms with Crippen LogP contribution in [0.2, 0.25) is 0 Å². The van der Waals surface area contributed by atoms with Crippen LogP contribution in [0.15, 0.2) is 89.6 Å². The van der Waals surface area contributed by atoms with Crippen LogP contribution in [0.1, 0.15) is 15.9 Å². The first-order chi connectivity index (χ1) is 15.4. The van der Waals surface area contributed by atoms with Crippen molar-refractivity contribution in [2.45, 2.75) is 6.54 Å². The predicted octanol–water partition coefficient (Wildman–Crippen LogP) is 4.51. The standard InChI is InChI=1S/C24H17ClFN3O3/c25-20-21(24(32)29(23(20)31)14-15-5-2-1-3-6-15)27-19-8-4-7-16(13-19)22(30)28-18-11-9-17(26)10-12-18/h1-13,27H,14H2,(H,28,30). The van der Waals surface area contributed by atoms with Crippen LogP contribution < -0.4 is 10.6 Å². The second-order valence-electron chi connectivity index (χ2n) is 7.04. The molecule has 1 heterocycles. The van der Waals surface area contributed by atoms with Crippen LogP contribution in [-0.4, -0.2) is 22.6 Å². The van der Waals surface area contributed by atoms with Gasteiger partial charge in [0.2, 0.25) is 0 Å². The zero-order valence-corrected chi connectivity index (χ0v) is 17.4. The zero-order chi connectivity index (χ0) is 22.7. The van der Waals surface area contributed by atoms with Crippen molar-refractivity contribution in [3.8, 4) is 0 Å². The highest BCUT2D eigenvalue weighted by atomic mass is 35.5. The summed E-state index contributed by atoms with van der Waals surface area (Å²) in [5, 5.41) is 5.31. The average Bonchev–Trinajstić information content (AvgIpc) is 3.00. The number of nitrogens with zero attached hydrogens (tertiary/aromatic N) is 1. The molecule has 0 atom stereocenters. The summed E-state index contributed by atoms with van der Waals surface area (Å²) in [6.45, 7) is 0.0972. The normalized spacial score (nSPS) is 13.5. The molecule has 3 amide bonds. The first-order valence-electron chi connectivity index (χ1n) is 9.66. The first kappa shape index (κ1) is 21.3. The van der Waals surface area contributed by atoms with Crippen LogP contribution in [0.5, 0.6) is 0 Å². The van der Waals surface area contributed by atoms with Crippen LogP contribution in [0.25, 0.3) is 0 Å². The minimum atomic E-state index is -0.590. The largest absolute Gasteiger partial charge is 0.350 e. The molecule has 1 aliphatic rings. The summed E-state index contributed by atoms with van der Waals surface area (Å²) in [7, 11) is 0. The van der Waals surface area contributed by atoms with Gasteiger partial charge in [-0.3, -0.25) is 19.3 Å². The van der Waals surface area contributed by atoms with Crippen molar-refractivity contribution in [1.82, 2.24) is 4.90 Å². The van der Waals surface area contributed by atoms with Crippen LogP contribution in [-0.2, 0) is 16.1 Å². The van der Waals surface area contributed by atoms with Crippen molar-refractivity contribution in [2.24, 2.45) is 0 Å². The van der Waals surface area contributed by atoms with Gasteiger partial charge in [0.25, 0.3) is 17.7 Å². The van der Waals surface area contributed by atoms with Gasteiger partial charge in [-0.1, -0.05) is 48.0 Å². The van der Waals surface area contributed by atoms with E-state index in [1.807, 2.05) is 30.3 Å². The lowest BCUT2D eigenvalue weighted by molar-refractivity contribution is -0.138. The van der Waals surface area contributed by atoms with Gasteiger partial charge in [0.05, 0.1) is 6.54 Å². The van der Waals surface area contributed by atoms with Crippen LogP contribution >= 0.6 is 11.6 Å². The number of halogens is 2. The molecule has 0 spiro atoms. The van der Waals surface area contributed by atoms with Gasteiger partial charge in [-0.2, -0.15) is 0 Å². The summed E-state index contributed by atoms with van der Waals surface area (Å²) in [4.78, 5) is 38.9. The fourth-order valence-electron chi connectivity index (χ4n) is 3.18. The van der Waals surface area contributed by atoms with Crippen molar-refractivity contribution in [3.05, 3.63) is 107 Å². The van der Waals surface area contributed by atoms with E-state index >= 15 is 0 Å². The summed E-state index contributed by atoms with van der Waals surface area (Å²) in [5.74, 6) is -1.96. The fraction of sp³-hybridized carbons (Fsp3) is 0.0417. The topological polar surface area (TPSA) is 78.5 Å². The lowest BCUT2D eigenvalue weighted by Crippen LogP contribution is -2.31. The smallest absolute Gasteiger partial charge is 0.279 e. The molecule has 0 saturated heterocycles. The SMILES string of the molecule is O=C(Nc1ccc(F)cc1)c1cccc(NC2=C(Cl)C(=O)N(Cc3ccccc3)C2=O)c1. The molecule has 0 aliphatic carbocycles. The Bertz CT molecular complexity index is 1230. The minimum absolute atomic E-state index is 0.0521. The molecule has 0 bridgehead atoms. The van der Waals surface area contributed by atoms with Gasteiger partial charge in [0, 0.05) is 16.9 Å². The summed E-state index contributed by atoms with van der Waals surface area (Å²) in [6.07, 6.45) is 0. The number of amides is 3. The van der Waals surface area contributed by atoms with E-state index in [4.69, 9.17) is 11.6 Å². The number of imide groups is 1. The Morgan fingerprint density at radius 1 is 0.875 bits per heavy atom. The van der Waals surface area contributed by atoms with Gasteiger partial charge in [-0.05, 0) is 48.0 Å². The number of carbonyl (C=O) groups excluding carboxylic acids is 3. The Morgan fingerprint density at radius 3 is 2.31 bits per heavy atom. The second kappa shape index (κ2) is 9.03. The molecule has 3 aromatic carbocycles. The molecule has 6 nitrogen and oxygen atoms in total. The number of nitrogens with one attached hydrogen (secondary N) is 2. The summed E-state index contributed by atoms with van der Waals surface area (Å²) in [5.41, 5.74) is 1.89. The quantitative estimate of drug-likeness (QED) is 0.543. The molecule has 160 valence electrons. The minimum Gasteiger partial charge on any atom is -0.350 e. The first-order valence-corrected chi connectivity index (χ1v) is 10.0. The number of rotatable bonds is 6. The third-order valence-electron chi connectivity index (χ3n) is 4.79. The highest BCUT2D eigenvalue weighted by Gasteiger charge is 2.37. The monoisotopic (exact) mass is 449 g/mol. The molecule has 8 heteroatoms. The molecular weight excluding hydrogens is 433 g/mol. The molecular formula is C24H17ClFN3O3. The van der Waals surface area contributed by atoms with Gasteiger partial charge < -0.3 is 10.6 Å². The van der Waals surface area contributed by atoms with Crippen LogP contribution in [0.4, 0.5) is 15.8 Å². The van der Waals surface area contributed by atoms with E-state index in [1.54, 1.807) is 18.2 Å². The molecule has 0 unspecified atom stereocenters. The molecule has 0 saturated carbocycles. The Morgan fingerprint density at radius 2 is 1.59 bits per heavy atom. The highest BCUT2D eigenvalue weighted by molar-refractivity contribution is 6.48. The maximum absolute atomic E-state index is 13.0. The summed E-state index contributed by atoms with van der Waals surface area (Å²) < 4.78 is 13.0. The Kier molecular flexibility index (Phi) is 6.00. The number of hydrogen-bond donors (Lipinski definition) is 2. The average molecular weight is 450 g/mol. The molecule has 1 aliphatic heterocycles. The van der Waals surface area contributed by atoms with E-state index in [1.165, 1.54) is 30.3 Å².